The molecule has 2 aromatic carbocycles. The van der Waals surface area contributed by atoms with Gasteiger partial charge in [0, 0.05) is 13.1 Å². The molecule has 2 aromatic rings. The number of rotatable bonds is 4. The van der Waals surface area contributed by atoms with E-state index in [0.717, 1.165) is 6.42 Å². The molecule has 0 saturated heterocycles. The first-order valence-electron chi connectivity index (χ1n) is 6.98. The second-order valence-electron chi connectivity index (χ2n) is 4.17. The molecule has 116 valence electrons. The van der Waals surface area contributed by atoms with Crippen LogP contribution in [0.25, 0.3) is 0 Å². The number of nitrogens with two attached hydrogens (primary N) is 2. The van der Waals surface area contributed by atoms with Gasteiger partial charge in [0.1, 0.15) is 0 Å². The predicted octanol–water partition coefficient (Wildman–Crippen LogP) is 1.15. The topological polar surface area (TPSA) is 92.5 Å². The first-order chi connectivity index (χ1) is 10.3. The van der Waals surface area contributed by atoms with Crippen LogP contribution in [-0.2, 0) is 6.42 Å². The summed E-state index contributed by atoms with van der Waals surface area (Å²) >= 11 is 0. The molecule has 0 heterocycles. The lowest BCUT2D eigenvalue weighted by atomic mass is 10.1. The molecule has 0 amide bonds. The van der Waals surface area contributed by atoms with Crippen molar-refractivity contribution in [2.45, 2.75) is 6.42 Å². The summed E-state index contributed by atoms with van der Waals surface area (Å²) in [7, 11) is 0. The molecule has 0 atom stereocenters. The molecule has 0 unspecified atom stereocenters. The molecule has 4 heteroatoms. The molecule has 6 N–H and O–H groups in total. The van der Waals surface area contributed by atoms with Gasteiger partial charge in [-0.25, -0.2) is 0 Å². The van der Waals surface area contributed by atoms with Crippen LogP contribution in [0.1, 0.15) is 11.1 Å². The van der Waals surface area contributed by atoms with E-state index in [1.807, 2.05) is 0 Å². The largest absolute Gasteiger partial charge is 0.395 e. The van der Waals surface area contributed by atoms with Crippen LogP contribution in [-0.4, -0.2) is 36.5 Å². The minimum Gasteiger partial charge on any atom is -0.395 e. The van der Waals surface area contributed by atoms with Crippen LogP contribution in [0.3, 0.4) is 0 Å². The zero-order valence-corrected chi connectivity index (χ0v) is 12.4. The Morgan fingerprint density at radius 3 is 1.14 bits per heavy atom. The first-order valence-corrected chi connectivity index (χ1v) is 6.98. The van der Waals surface area contributed by atoms with Crippen molar-refractivity contribution in [3.05, 3.63) is 71.8 Å². The van der Waals surface area contributed by atoms with Crippen molar-refractivity contribution in [2.24, 2.45) is 11.5 Å². The van der Waals surface area contributed by atoms with E-state index in [-0.39, 0.29) is 13.2 Å². The number of hydrogen-bond acceptors (Lipinski definition) is 4. The molecule has 0 aliphatic rings. The van der Waals surface area contributed by atoms with Crippen LogP contribution in [0.4, 0.5) is 0 Å². The number of benzene rings is 2. The minimum atomic E-state index is 0.0972. The standard InChI is InChI=1S/C13H12.2C2H7NO/c1-3-7-12(8-4-1)11-13-9-5-2-6-10-13;2*3-1-2-4/h1-10H,11H2;2*4H,1-3H2. The summed E-state index contributed by atoms with van der Waals surface area (Å²) in [6.45, 7) is 0.944. The summed E-state index contributed by atoms with van der Waals surface area (Å²) in [5.74, 6) is 0. The van der Waals surface area contributed by atoms with Gasteiger partial charge in [0.05, 0.1) is 13.2 Å². The molecule has 0 bridgehead atoms. The van der Waals surface area contributed by atoms with Crippen LogP contribution in [0.5, 0.6) is 0 Å². The Morgan fingerprint density at radius 1 is 0.619 bits per heavy atom. The monoisotopic (exact) mass is 290 g/mol. The Hall–Kier alpha value is -1.72. The number of aliphatic hydroxyl groups is 2. The molecular formula is C17H26N2O2. The van der Waals surface area contributed by atoms with E-state index in [2.05, 4.69) is 60.7 Å². The van der Waals surface area contributed by atoms with Crippen LogP contribution < -0.4 is 11.5 Å². The van der Waals surface area contributed by atoms with E-state index in [1.165, 1.54) is 11.1 Å². The molecule has 0 saturated carbocycles. The Labute approximate surface area is 127 Å². The summed E-state index contributed by atoms with van der Waals surface area (Å²) in [4.78, 5) is 0. The Morgan fingerprint density at radius 2 is 0.905 bits per heavy atom. The van der Waals surface area contributed by atoms with Gasteiger partial charge in [-0.05, 0) is 17.5 Å². The van der Waals surface area contributed by atoms with Gasteiger partial charge < -0.3 is 21.7 Å². The predicted molar refractivity (Wildman–Crippen MR) is 88.0 cm³/mol. The normalized spacial score (nSPS) is 8.95. The maximum atomic E-state index is 7.75. The van der Waals surface area contributed by atoms with Gasteiger partial charge in [-0.15, -0.1) is 0 Å². The van der Waals surface area contributed by atoms with Crippen molar-refractivity contribution >= 4 is 0 Å². The zero-order chi connectivity index (χ0) is 15.8. The van der Waals surface area contributed by atoms with E-state index >= 15 is 0 Å². The first kappa shape index (κ1) is 19.3. The van der Waals surface area contributed by atoms with Gasteiger partial charge in [0.2, 0.25) is 0 Å². The molecule has 0 aliphatic heterocycles. The van der Waals surface area contributed by atoms with Crippen LogP contribution in [0, 0.1) is 0 Å². The summed E-state index contributed by atoms with van der Waals surface area (Å²) in [6.07, 6.45) is 1.03. The van der Waals surface area contributed by atoms with Crippen molar-refractivity contribution in [1.29, 1.82) is 0 Å². The summed E-state index contributed by atoms with van der Waals surface area (Å²) in [5.41, 5.74) is 12.3. The highest BCUT2D eigenvalue weighted by atomic mass is 16.3. The van der Waals surface area contributed by atoms with E-state index in [9.17, 15) is 0 Å². The summed E-state index contributed by atoms with van der Waals surface area (Å²) in [5, 5.41) is 15.5. The quantitative estimate of drug-likeness (QED) is 0.680. The minimum absolute atomic E-state index is 0.0972. The molecule has 21 heavy (non-hydrogen) atoms. The Bertz CT molecular complexity index is 376. The molecule has 4 nitrogen and oxygen atoms in total. The fourth-order valence-electron chi connectivity index (χ4n) is 1.43. The SMILES string of the molecule is NCCO.NCCO.c1ccc(Cc2ccccc2)cc1. The van der Waals surface area contributed by atoms with Gasteiger partial charge in [-0.3, -0.25) is 0 Å². The molecule has 2 rings (SSSR count). The fourth-order valence-corrected chi connectivity index (χ4v) is 1.43. The number of aliphatic hydroxyl groups excluding tert-OH is 2. The van der Waals surface area contributed by atoms with Crippen molar-refractivity contribution in [1.82, 2.24) is 0 Å². The Kier molecular flexibility index (Phi) is 13.5. The van der Waals surface area contributed by atoms with Crippen LogP contribution >= 0.6 is 0 Å². The summed E-state index contributed by atoms with van der Waals surface area (Å²) < 4.78 is 0. The van der Waals surface area contributed by atoms with Crippen LogP contribution in [0.2, 0.25) is 0 Å². The van der Waals surface area contributed by atoms with Crippen molar-refractivity contribution in [3.8, 4) is 0 Å². The molecule has 0 fully saturated rings. The lowest BCUT2D eigenvalue weighted by Gasteiger charge is -2.00. The lowest BCUT2D eigenvalue weighted by molar-refractivity contribution is 0.306. The van der Waals surface area contributed by atoms with E-state index in [4.69, 9.17) is 21.7 Å². The fraction of sp³-hybridized carbons (Fsp3) is 0.294. The highest BCUT2D eigenvalue weighted by molar-refractivity contribution is 5.25. The van der Waals surface area contributed by atoms with Gasteiger partial charge in [-0.2, -0.15) is 0 Å². The smallest absolute Gasteiger partial charge is 0.0553 e. The maximum Gasteiger partial charge on any atom is 0.0553 e. The van der Waals surface area contributed by atoms with Crippen molar-refractivity contribution in [2.75, 3.05) is 26.3 Å². The van der Waals surface area contributed by atoms with Crippen molar-refractivity contribution < 1.29 is 10.2 Å². The Balaban J connectivity index is 0.000000421. The van der Waals surface area contributed by atoms with E-state index < -0.39 is 0 Å². The highest BCUT2D eigenvalue weighted by Crippen LogP contribution is 2.07. The second-order valence-corrected chi connectivity index (χ2v) is 4.17. The molecular weight excluding hydrogens is 264 g/mol. The average Bonchev–Trinajstić information content (AvgIpc) is 2.57. The molecule has 0 radical (unpaired) electrons. The zero-order valence-electron chi connectivity index (χ0n) is 12.4. The van der Waals surface area contributed by atoms with E-state index in [1.54, 1.807) is 0 Å². The lowest BCUT2D eigenvalue weighted by Crippen LogP contribution is -2.02. The number of hydrogen-bond donors (Lipinski definition) is 4. The molecule has 0 aromatic heterocycles. The maximum absolute atomic E-state index is 7.75. The van der Waals surface area contributed by atoms with Gasteiger partial charge in [-0.1, -0.05) is 60.7 Å². The highest BCUT2D eigenvalue weighted by Gasteiger charge is 1.92. The third kappa shape index (κ3) is 11.8. The van der Waals surface area contributed by atoms with Gasteiger partial charge >= 0.3 is 0 Å². The molecule has 0 spiro atoms. The summed E-state index contributed by atoms with van der Waals surface area (Å²) in [6, 6.07) is 21.1. The van der Waals surface area contributed by atoms with Gasteiger partial charge in [0.25, 0.3) is 0 Å². The third-order valence-corrected chi connectivity index (χ3v) is 2.35. The average molecular weight is 290 g/mol. The van der Waals surface area contributed by atoms with Crippen LogP contribution in [0.15, 0.2) is 60.7 Å². The molecule has 0 aliphatic carbocycles. The second kappa shape index (κ2) is 14.7. The van der Waals surface area contributed by atoms with Crippen molar-refractivity contribution in [3.63, 3.8) is 0 Å². The third-order valence-electron chi connectivity index (χ3n) is 2.35. The van der Waals surface area contributed by atoms with Gasteiger partial charge in [0.15, 0.2) is 0 Å². The van der Waals surface area contributed by atoms with E-state index in [0.29, 0.717) is 13.1 Å².